The van der Waals surface area contributed by atoms with Crippen molar-refractivity contribution in [2.45, 2.75) is 38.2 Å². The van der Waals surface area contributed by atoms with E-state index in [1.807, 2.05) is 0 Å². The fourth-order valence-electron chi connectivity index (χ4n) is 2.35. The van der Waals surface area contributed by atoms with Gasteiger partial charge in [0, 0.05) is 22.8 Å². The molecule has 0 aliphatic carbocycles. The molecule has 1 saturated heterocycles. The molecule has 1 aliphatic heterocycles. The second-order valence-corrected chi connectivity index (χ2v) is 7.96. The number of thiophene rings is 1. The number of hydrogen-bond acceptors (Lipinski definition) is 4. The lowest BCUT2D eigenvalue weighted by atomic mass is 10.1. The smallest absolute Gasteiger partial charge is 0.244 e. The van der Waals surface area contributed by atoms with Gasteiger partial charge >= 0.3 is 0 Å². The maximum absolute atomic E-state index is 12.5. The Morgan fingerprint density at radius 2 is 2.28 bits per heavy atom. The Kier molecular flexibility index (Phi) is 4.11. The molecule has 0 radical (unpaired) electrons. The van der Waals surface area contributed by atoms with E-state index in [0.29, 0.717) is 28.8 Å². The summed E-state index contributed by atoms with van der Waals surface area (Å²) in [5, 5.41) is 9.09. The number of aliphatic hydroxyl groups excluding tert-OH is 1. The summed E-state index contributed by atoms with van der Waals surface area (Å²) in [4.78, 5) is 1.84. The van der Waals surface area contributed by atoms with Crippen molar-refractivity contribution < 1.29 is 13.5 Å². The van der Waals surface area contributed by atoms with E-state index in [9.17, 15) is 8.42 Å². The van der Waals surface area contributed by atoms with Crippen molar-refractivity contribution in [3.8, 4) is 0 Å². The van der Waals surface area contributed by atoms with Gasteiger partial charge in [-0.2, -0.15) is 4.31 Å². The fraction of sp³-hybridized carbons (Fsp3) is 0.667. The lowest BCUT2D eigenvalue weighted by molar-refractivity contribution is 0.285. The summed E-state index contributed by atoms with van der Waals surface area (Å²) >= 11 is 1.35. The van der Waals surface area contributed by atoms with Crippen molar-refractivity contribution in [1.82, 2.24) is 4.31 Å². The number of aryl methyl sites for hydroxylation is 1. The Morgan fingerprint density at radius 1 is 1.56 bits per heavy atom. The summed E-state index contributed by atoms with van der Waals surface area (Å²) in [5.41, 5.74) is 0. The molecule has 0 amide bonds. The van der Waals surface area contributed by atoms with Crippen molar-refractivity contribution in [1.29, 1.82) is 0 Å². The van der Waals surface area contributed by atoms with Gasteiger partial charge in [0.2, 0.25) is 10.0 Å². The molecule has 1 aromatic rings. The van der Waals surface area contributed by atoms with Gasteiger partial charge in [0.1, 0.15) is 0 Å². The first-order valence-corrected chi connectivity index (χ1v) is 8.45. The molecule has 1 aromatic heterocycles. The van der Waals surface area contributed by atoms with Crippen LogP contribution in [0.25, 0.3) is 0 Å². The summed E-state index contributed by atoms with van der Waals surface area (Å²) in [5.74, 6) is 0.482. The average Bonchev–Trinajstić information content (AvgIpc) is 2.95. The van der Waals surface area contributed by atoms with Crippen LogP contribution in [-0.2, 0) is 16.6 Å². The maximum Gasteiger partial charge on any atom is 0.244 e. The lowest BCUT2D eigenvalue weighted by Crippen LogP contribution is -2.29. The summed E-state index contributed by atoms with van der Waals surface area (Å²) in [6.45, 7) is 5.04. The van der Waals surface area contributed by atoms with Gasteiger partial charge in [0.15, 0.2) is 0 Å². The molecule has 1 N–H and O–H groups in total. The average molecular weight is 289 g/mol. The number of sulfonamides is 1. The van der Waals surface area contributed by atoms with Gasteiger partial charge in [-0.1, -0.05) is 13.3 Å². The first-order chi connectivity index (χ1) is 8.48. The summed E-state index contributed by atoms with van der Waals surface area (Å²) in [7, 11) is -3.37. The molecule has 1 aliphatic rings. The van der Waals surface area contributed by atoms with E-state index in [1.165, 1.54) is 11.3 Å². The normalized spacial score (nSPS) is 21.6. The highest BCUT2D eigenvalue weighted by Gasteiger charge is 2.33. The van der Waals surface area contributed by atoms with E-state index in [0.717, 1.165) is 17.7 Å². The number of aliphatic hydroxyl groups is 1. The van der Waals surface area contributed by atoms with Crippen LogP contribution in [0.15, 0.2) is 11.0 Å². The molecule has 0 spiro atoms. The third-order valence-corrected chi connectivity index (χ3v) is 6.68. The quantitative estimate of drug-likeness (QED) is 0.922. The van der Waals surface area contributed by atoms with Crippen LogP contribution >= 0.6 is 11.3 Å². The minimum Gasteiger partial charge on any atom is -0.391 e. The molecule has 1 unspecified atom stereocenters. The molecule has 0 saturated carbocycles. The predicted molar refractivity (Wildman–Crippen MR) is 72.1 cm³/mol. The van der Waals surface area contributed by atoms with Crippen molar-refractivity contribution in [3.63, 3.8) is 0 Å². The van der Waals surface area contributed by atoms with Crippen molar-refractivity contribution in [2.24, 2.45) is 5.92 Å². The SMILES string of the molecule is CCC1CCN(S(=O)(=O)c2cc(CO)sc2C)C1. The Labute approximate surface area is 112 Å². The third-order valence-electron chi connectivity index (χ3n) is 3.52. The standard InChI is InChI=1S/C12H19NO3S2/c1-3-10-4-5-13(7-10)18(15,16)12-6-11(8-14)17-9(12)2/h6,10,14H,3-5,7-8H2,1-2H3. The van der Waals surface area contributed by atoms with Crippen LogP contribution in [0.5, 0.6) is 0 Å². The predicted octanol–water partition coefficient (Wildman–Crippen LogP) is 1.97. The van der Waals surface area contributed by atoms with Crippen molar-refractivity contribution in [3.05, 3.63) is 15.8 Å². The minimum absolute atomic E-state index is 0.0986. The van der Waals surface area contributed by atoms with Crippen LogP contribution in [0.3, 0.4) is 0 Å². The third kappa shape index (κ3) is 2.47. The molecule has 2 heterocycles. The molecule has 0 bridgehead atoms. The second-order valence-electron chi connectivity index (χ2n) is 4.72. The zero-order chi connectivity index (χ0) is 13.3. The molecule has 1 fully saturated rings. The number of rotatable bonds is 4. The van der Waals surface area contributed by atoms with E-state index >= 15 is 0 Å². The summed E-state index contributed by atoms with van der Waals surface area (Å²) in [6.07, 6.45) is 1.97. The second kappa shape index (κ2) is 5.28. The zero-order valence-electron chi connectivity index (χ0n) is 10.7. The highest BCUT2D eigenvalue weighted by atomic mass is 32.2. The Hall–Kier alpha value is -0.430. The van der Waals surface area contributed by atoms with Gasteiger partial charge in [-0.3, -0.25) is 0 Å². The highest BCUT2D eigenvalue weighted by molar-refractivity contribution is 7.89. The molecule has 4 nitrogen and oxygen atoms in total. The molecule has 18 heavy (non-hydrogen) atoms. The van der Waals surface area contributed by atoms with E-state index < -0.39 is 10.0 Å². The van der Waals surface area contributed by atoms with E-state index in [2.05, 4.69) is 6.92 Å². The molecule has 1 atom stereocenters. The first-order valence-electron chi connectivity index (χ1n) is 6.19. The van der Waals surface area contributed by atoms with Gasteiger partial charge in [-0.05, 0) is 25.3 Å². The van der Waals surface area contributed by atoms with E-state index in [-0.39, 0.29) is 6.61 Å². The highest BCUT2D eigenvalue weighted by Crippen LogP contribution is 2.31. The summed E-state index contributed by atoms with van der Waals surface area (Å²) in [6, 6.07) is 1.61. The molecule has 102 valence electrons. The molecule has 2 rings (SSSR count). The maximum atomic E-state index is 12.5. The lowest BCUT2D eigenvalue weighted by Gasteiger charge is -2.16. The van der Waals surface area contributed by atoms with E-state index in [1.54, 1.807) is 17.3 Å². The number of nitrogens with zero attached hydrogens (tertiary/aromatic N) is 1. The van der Waals surface area contributed by atoms with Crippen LogP contribution in [0.4, 0.5) is 0 Å². The van der Waals surface area contributed by atoms with Gasteiger partial charge < -0.3 is 5.11 Å². The van der Waals surface area contributed by atoms with Crippen LogP contribution in [0.1, 0.15) is 29.5 Å². The van der Waals surface area contributed by atoms with Gasteiger partial charge in [-0.15, -0.1) is 11.3 Å². The van der Waals surface area contributed by atoms with Crippen LogP contribution in [0, 0.1) is 12.8 Å². The Balaban J connectivity index is 2.28. The molecular formula is C12H19NO3S2. The largest absolute Gasteiger partial charge is 0.391 e. The Bertz CT molecular complexity index is 521. The molecule has 0 aromatic carbocycles. The minimum atomic E-state index is -3.37. The van der Waals surface area contributed by atoms with Crippen LogP contribution in [0.2, 0.25) is 0 Å². The Morgan fingerprint density at radius 3 is 2.78 bits per heavy atom. The van der Waals surface area contributed by atoms with Crippen molar-refractivity contribution >= 4 is 21.4 Å². The first kappa shape index (κ1) is 14.0. The topological polar surface area (TPSA) is 57.6 Å². The van der Waals surface area contributed by atoms with Crippen LogP contribution < -0.4 is 0 Å². The molecule has 6 heteroatoms. The van der Waals surface area contributed by atoms with E-state index in [4.69, 9.17) is 5.11 Å². The van der Waals surface area contributed by atoms with Gasteiger partial charge in [0.25, 0.3) is 0 Å². The van der Waals surface area contributed by atoms with Gasteiger partial charge in [0.05, 0.1) is 11.5 Å². The van der Waals surface area contributed by atoms with Crippen LogP contribution in [-0.4, -0.2) is 30.9 Å². The monoisotopic (exact) mass is 289 g/mol. The van der Waals surface area contributed by atoms with Gasteiger partial charge in [-0.25, -0.2) is 8.42 Å². The zero-order valence-corrected chi connectivity index (χ0v) is 12.4. The fourth-order valence-corrected chi connectivity index (χ4v) is 5.34. The van der Waals surface area contributed by atoms with Crippen molar-refractivity contribution in [2.75, 3.05) is 13.1 Å². The molecular weight excluding hydrogens is 270 g/mol. The summed E-state index contributed by atoms with van der Waals surface area (Å²) < 4.78 is 26.6. The number of hydrogen-bond donors (Lipinski definition) is 1.